The number of amides is 1. The zero-order valence-corrected chi connectivity index (χ0v) is 13.5. The molecule has 0 radical (unpaired) electrons. The van der Waals surface area contributed by atoms with Gasteiger partial charge in [0.2, 0.25) is 5.91 Å². The summed E-state index contributed by atoms with van der Waals surface area (Å²) < 4.78 is 1.32. The van der Waals surface area contributed by atoms with Crippen LogP contribution in [0.1, 0.15) is 27.7 Å². The van der Waals surface area contributed by atoms with Gasteiger partial charge < -0.3 is 16.4 Å². The van der Waals surface area contributed by atoms with Gasteiger partial charge in [-0.1, -0.05) is 27.7 Å². The van der Waals surface area contributed by atoms with Crippen molar-refractivity contribution < 1.29 is 4.79 Å². The first-order chi connectivity index (χ1) is 10.1. The van der Waals surface area contributed by atoms with Gasteiger partial charge in [-0.25, -0.2) is 4.79 Å². The highest BCUT2D eigenvalue weighted by Gasteiger charge is 2.21. The SMILES string of the molecule is CC(C)CN(CC(N)=O)c1c(N)n(CC(C)C)c(=O)[nH]c1=O. The molecule has 5 N–H and O–H groups in total. The van der Waals surface area contributed by atoms with Crippen molar-refractivity contribution in [1.29, 1.82) is 0 Å². The van der Waals surface area contributed by atoms with Crippen LogP contribution in [0.5, 0.6) is 0 Å². The van der Waals surface area contributed by atoms with Crippen LogP contribution in [-0.4, -0.2) is 28.5 Å². The van der Waals surface area contributed by atoms with Crippen LogP contribution < -0.4 is 27.6 Å². The van der Waals surface area contributed by atoms with E-state index in [0.29, 0.717) is 13.1 Å². The number of nitrogens with zero attached hydrogens (tertiary/aromatic N) is 2. The van der Waals surface area contributed by atoms with Crippen LogP contribution in [0.25, 0.3) is 0 Å². The van der Waals surface area contributed by atoms with E-state index < -0.39 is 17.2 Å². The molecule has 1 heterocycles. The molecule has 124 valence electrons. The molecule has 8 heteroatoms. The number of aromatic amines is 1. The van der Waals surface area contributed by atoms with Gasteiger partial charge in [0.15, 0.2) is 0 Å². The fourth-order valence-corrected chi connectivity index (χ4v) is 2.29. The molecular weight excluding hydrogens is 286 g/mol. The first-order valence-electron chi connectivity index (χ1n) is 7.29. The molecule has 22 heavy (non-hydrogen) atoms. The van der Waals surface area contributed by atoms with E-state index in [2.05, 4.69) is 4.98 Å². The Kier molecular flexibility index (Phi) is 5.78. The van der Waals surface area contributed by atoms with Crippen LogP contribution in [0, 0.1) is 11.8 Å². The van der Waals surface area contributed by atoms with Gasteiger partial charge >= 0.3 is 5.69 Å². The normalized spacial score (nSPS) is 11.2. The Hall–Kier alpha value is -2.25. The van der Waals surface area contributed by atoms with E-state index in [-0.39, 0.29) is 29.9 Å². The fourth-order valence-electron chi connectivity index (χ4n) is 2.29. The average molecular weight is 311 g/mol. The molecule has 0 fully saturated rings. The number of H-pyrrole nitrogens is 1. The lowest BCUT2D eigenvalue weighted by Crippen LogP contribution is -2.43. The van der Waals surface area contributed by atoms with Gasteiger partial charge in [-0.3, -0.25) is 19.1 Å². The van der Waals surface area contributed by atoms with E-state index >= 15 is 0 Å². The van der Waals surface area contributed by atoms with E-state index in [4.69, 9.17) is 11.5 Å². The number of nitrogen functional groups attached to an aromatic ring is 1. The number of nitrogens with two attached hydrogens (primary N) is 2. The molecular formula is C14H25N5O3. The first-order valence-corrected chi connectivity index (χ1v) is 7.29. The van der Waals surface area contributed by atoms with Crippen LogP contribution in [0.2, 0.25) is 0 Å². The highest BCUT2D eigenvalue weighted by atomic mass is 16.2. The lowest BCUT2D eigenvalue weighted by atomic mass is 10.2. The summed E-state index contributed by atoms with van der Waals surface area (Å²) >= 11 is 0. The van der Waals surface area contributed by atoms with Crippen molar-refractivity contribution >= 4 is 17.4 Å². The third-order valence-corrected chi connectivity index (χ3v) is 3.01. The third-order valence-electron chi connectivity index (χ3n) is 3.01. The molecule has 1 aromatic heterocycles. The van der Waals surface area contributed by atoms with Crippen molar-refractivity contribution in [3.63, 3.8) is 0 Å². The number of nitrogens with one attached hydrogen (secondary N) is 1. The Balaban J connectivity index is 3.44. The van der Waals surface area contributed by atoms with Gasteiger partial charge in [-0.2, -0.15) is 0 Å². The zero-order chi connectivity index (χ0) is 17.0. The van der Waals surface area contributed by atoms with E-state index in [1.54, 1.807) is 0 Å². The summed E-state index contributed by atoms with van der Waals surface area (Å²) in [7, 11) is 0. The molecule has 0 spiro atoms. The Morgan fingerprint density at radius 2 is 1.82 bits per heavy atom. The lowest BCUT2D eigenvalue weighted by Gasteiger charge is -2.26. The van der Waals surface area contributed by atoms with Crippen molar-refractivity contribution in [2.24, 2.45) is 17.6 Å². The Morgan fingerprint density at radius 1 is 1.23 bits per heavy atom. The van der Waals surface area contributed by atoms with Crippen LogP contribution in [-0.2, 0) is 11.3 Å². The molecule has 1 aromatic rings. The number of aromatic nitrogens is 2. The molecule has 0 aliphatic heterocycles. The van der Waals surface area contributed by atoms with Crippen molar-refractivity contribution in [3.05, 3.63) is 20.8 Å². The van der Waals surface area contributed by atoms with E-state index in [9.17, 15) is 14.4 Å². The number of carbonyl (C=O) groups excluding carboxylic acids is 1. The van der Waals surface area contributed by atoms with Crippen molar-refractivity contribution in [3.8, 4) is 0 Å². The maximum atomic E-state index is 12.2. The second kappa shape index (κ2) is 7.15. The van der Waals surface area contributed by atoms with Gasteiger partial charge in [0.25, 0.3) is 5.56 Å². The van der Waals surface area contributed by atoms with E-state index in [1.165, 1.54) is 9.47 Å². The number of hydrogen-bond acceptors (Lipinski definition) is 5. The number of primary amides is 1. The summed E-state index contributed by atoms with van der Waals surface area (Å²) in [6.07, 6.45) is 0. The molecule has 0 saturated heterocycles. The minimum absolute atomic E-state index is 0.0596. The third kappa shape index (κ3) is 4.37. The number of anilines is 2. The maximum absolute atomic E-state index is 12.2. The molecule has 0 aliphatic carbocycles. The topological polar surface area (TPSA) is 127 Å². The number of carbonyl (C=O) groups is 1. The molecule has 0 aliphatic rings. The second-order valence-electron chi connectivity index (χ2n) is 6.24. The Morgan fingerprint density at radius 3 is 2.27 bits per heavy atom. The molecule has 8 nitrogen and oxygen atoms in total. The quantitative estimate of drug-likeness (QED) is 0.638. The monoisotopic (exact) mass is 311 g/mol. The van der Waals surface area contributed by atoms with Crippen molar-refractivity contribution in [1.82, 2.24) is 9.55 Å². The molecule has 0 aromatic carbocycles. The van der Waals surface area contributed by atoms with Gasteiger partial charge in [0, 0.05) is 13.1 Å². The van der Waals surface area contributed by atoms with E-state index in [0.717, 1.165) is 0 Å². The van der Waals surface area contributed by atoms with Crippen LogP contribution >= 0.6 is 0 Å². The molecule has 1 rings (SSSR count). The zero-order valence-electron chi connectivity index (χ0n) is 13.5. The Bertz CT molecular complexity index is 645. The van der Waals surface area contributed by atoms with E-state index in [1.807, 2.05) is 27.7 Å². The lowest BCUT2D eigenvalue weighted by molar-refractivity contribution is -0.116. The molecule has 0 atom stereocenters. The molecule has 0 unspecified atom stereocenters. The highest BCUT2D eigenvalue weighted by Crippen LogP contribution is 2.18. The molecule has 0 bridgehead atoms. The van der Waals surface area contributed by atoms with Gasteiger partial charge in [0.1, 0.15) is 11.5 Å². The fraction of sp³-hybridized carbons (Fsp3) is 0.643. The smallest absolute Gasteiger partial charge is 0.330 e. The Labute approximate surface area is 129 Å². The summed E-state index contributed by atoms with van der Waals surface area (Å²) in [5.41, 5.74) is 10.2. The molecule has 1 amide bonds. The minimum atomic E-state index is -0.607. The summed E-state index contributed by atoms with van der Waals surface area (Å²) in [4.78, 5) is 39.2. The second-order valence-corrected chi connectivity index (χ2v) is 6.24. The van der Waals surface area contributed by atoms with Crippen LogP contribution in [0.3, 0.4) is 0 Å². The van der Waals surface area contributed by atoms with Gasteiger partial charge in [-0.15, -0.1) is 0 Å². The summed E-state index contributed by atoms with van der Waals surface area (Å²) in [6.45, 7) is 8.44. The highest BCUT2D eigenvalue weighted by molar-refractivity contribution is 5.80. The predicted octanol–water partition coefficient (Wildman–Crippen LogP) is -0.277. The van der Waals surface area contributed by atoms with Crippen molar-refractivity contribution in [2.75, 3.05) is 23.7 Å². The molecule has 0 saturated carbocycles. The van der Waals surface area contributed by atoms with Crippen molar-refractivity contribution in [2.45, 2.75) is 34.2 Å². The maximum Gasteiger partial charge on any atom is 0.330 e. The minimum Gasteiger partial charge on any atom is -0.383 e. The van der Waals surface area contributed by atoms with Gasteiger partial charge in [-0.05, 0) is 11.8 Å². The van der Waals surface area contributed by atoms with Crippen LogP contribution in [0.15, 0.2) is 9.59 Å². The summed E-state index contributed by atoms with van der Waals surface area (Å²) in [5.74, 6) is -0.150. The summed E-state index contributed by atoms with van der Waals surface area (Å²) in [5, 5.41) is 0. The average Bonchev–Trinajstić information content (AvgIpc) is 2.32. The summed E-state index contributed by atoms with van der Waals surface area (Å²) in [6, 6.07) is 0. The largest absolute Gasteiger partial charge is 0.383 e. The number of hydrogen-bond donors (Lipinski definition) is 3. The predicted molar refractivity (Wildman–Crippen MR) is 86.8 cm³/mol. The van der Waals surface area contributed by atoms with Gasteiger partial charge in [0.05, 0.1) is 6.54 Å². The number of rotatable bonds is 7. The first kappa shape index (κ1) is 17.8. The standard InChI is InChI=1S/C14H25N5O3/c1-8(2)5-18(7-10(15)20)11-12(16)19(6-9(3)4)14(22)17-13(11)21/h8-9H,5-7,16H2,1-4H3,(H2,15,20)(H,17,21,22). The van der Waals surface area contributed by atoms with Crippen LogP contribution in [0.4, 0.5) is 11.5 Å².